The second-order valence-electron chi connectivity index (χ2n) is 6.30. The van der Waals surface area contributed by atoms with E-state index in [1.54, 1.807) is 24.3 Å². The Morgan fingerprint density at radius 3 is 2.17 bits per heavy atom. The Morgan fingerprint density at radius 1 is 1.00 bits per heavy atom. The van der Waals surface area contributed by atoms with Gasteiger partial charge < -0.3 is 9.99 Å². The van der Waals surface area contributed by atoms with Gasteiger partial charge in [0, 0.05) is 0 Å². The van der Waals surface area contributed by atoms with E-state index in [0.717, 1.165) is 5.56 Å². The van der Waals surface area contributed by atoms with Gasteiger partial charge in [0.05, 0.1) is 6.10 Å². The van der Waals surface area contributed by atoms with Gasteiger partial charge in [0.1, 0.15) is 5.92 Å². The quantitative estimate of drug-likeness (QED) is 0.597. The van der Waals surface area contributed by atoms with Crippen LogP contribution in [-0.2, 0) is 16.1 Å². The SMILES string of the molecule is CC(C)c1ccc(CCC(O)C(C(=O)OO)c2ccccc2)cc1. The fourth-order valence-electron chi connectivity index (χ4n) is 2.78. The van der Waals surface area contributed by atoms with Crippen molar-refractivity contribution in [3.8, 4) is 0 Å². The molecule has 24 heavy (non-hydrogen) atoms. The molecule has 0 saturated carbocycles. The average Bonchev–Trinajstić information content (AvgIpc) is 2.61. The van der Waals surface area contributed by atoms with Crippen molar-refractivity contribution in [3.05, 3.63) is 71.3 Å². The highest BCUT2D eigenvalue weighted by molar-refractivity contribution is 5.78. The Hall–Kier alpha value is -2.17. The van der Waals surface area contributed by atoms with Crippen LogP contribution >= 0.6 is 0 Å². The topological polar surface area (TPSA) is 66.8 Å². The van der Waals surface area contributed by atoms with Crippen molar-refractivity contribution in [3.63, 3.8) is 0 Å². The fraction of sp³-hybridized carbons (Fsp3) is 0.350. The third kappa shape index (κ3) is 4.66. The van der Waals surface area contributed by atoms with Crippen molar-refractivity contribution in [2.24, 2.45) is 0 Å². The van der Waals surface area contributed by atoms with Crippen molar-refractivity contribution in [2.45, 2.75) is 44.6 Å². The van der Waals surface area contributed by atoms with Crippen molar-refractivity contribution < 1.29 is 20.0 Å². The lowest BCUT2D eigenvalue weighted by Crippen LogP contribution is -2.28. The molecule has 4 heteroatoms. The van der Waals surface area contributed by atoms with Gasteiger partial charge in [0.15, 0.2) is 0 Å². The summed E-state index contributed by atoms with van der Waals surface area (Å²) in [5.41, 5.74) is 2.99. The van der Waals surface area contributed by atoms with Crippen LogP contribution in [0.4, 0.5) is 0 Å². The maximum Gasteiger partial charge on any atom is 0.352 e. The molecule has 2 N–H and O–H groups in total. The Morgan fingerprint density at radius 2 is 1.62 bits per heavy atom. The van der Waals surface area contributed by atoms with E-state index in [9.17, 15) is 9.90 Å². The zero-order valence-electron chi connectivity index (χ0n) is 14.1. The van der Waals surface area contributed by atoms with Gasteiger partial charge >= 0.3 is 5.97 Å². The maximum absolute atomic E-state index is 11.9. The number of rotatable bonds is 7. The maximum atomic E-state index is 11.9. The molecule has 2 aromatic carbocycles. The van der Waals surface area contributed by atoms with Crippen molar-refractivity contribution in [1.29, 1.82) is 0 Å². The molecule has 0 aliphatic carbocycles. The minimum absolute atomic E-state index is 0.398. The molecular weight excluding hydrogens is 304 g/mol. The third-order valence-electron chi connectivity index (χ3n) is 4.26. The van der Waals surface area contributed by atoms with Crippen LogP contribution in [0.15, 0.2) is 54.6 Å². The van der Waals surface area contributed by atoms with Crippen LogP contribution in [-0.4, -0.2) is 22.4 Å². The Bertz CT molecular complexity index is 634. The molecule has 0 spiro atoms. The van der Waals surface area contributed by atoms with Crippen LogP contribution < -0.4 is 0 Å². The van der Waals surface area contributed by atoms with Crippen LogP contribution in [0.1, 0.15) is 48.8 Å². The van der Waals surface area contributed by atoms with Gasteiger partial charge in [-0.3, -0.25) is 0 Å². The normalized spacial score (nSPS) is 13.5. The number of aliphatic hydroxyl groups excluding tert-OH is 1. The summed E-state index contributed by atoms with van der Waals surface area (Å²) >= 11 is 0. The predicted octanol–water partition coefficient (Wildman–Crippen LogP) is 3.90. The molecule has 0 radical (unpaired) electrons. The van der Waals surface area contributed by atoms with Crippen molar-refractivity contribution >= 4 is 5.97 Å². The molecule has 0 aromatic heterocycles. The summed E-state index contributed by atoms with van der Waals surface area (Å²) in [6.07, 6.45) is 0.105. The average molecular weight is 328 g/mol. The molecule has 2 aromatic rings. The van der Waals surface area contributed by atoms with Crippen LogP contribution in [0.3, 0.4) is 0 Å². The predicted molar refractivity (Wildman–Crippen MR) is 92.8 cm³/mol. The highest BCUT2D eigenvalue weighted by Gasteiger charge is 2.30. The second-order valence-corrected chi connectivity index (χ2v) is 6.30. The van der Waals surface area contributed by atoms with Crippen molar-refractivity contribution in [1.82, 2.24) is 0 Å². The zero-order chi connectivity index (χ0) is 17.5. The number of hydrogen-bond acceptors (Lipinski definition) is 4. The number of aryl methyl sites for hydroxylation is 1. The van der Waals surface area contributed by atoms with Gasteiger partial charge in [-0.15, -0.1) is 0 Å². The van der Waals surface area contributed by atoms with Crippen LogP contribution in [0.25, 0.3) is 0 Å². The van der Waals surface area contributed by atoms with Gasteiger partial charge in [0.25, 0.3) is 0 Å². The minimum atomic E-state index is -0.933. The van der Waals surface area contributed by atoms with Crippen molar-refractivity contribution in [2.75, 3.05) is 0 Å². The Kier molecular flexibility index (Phi) is 6.53. The first-order valence-corrected chi connectivity index (χ1v) is 8.20. The van der Waals surface area contributed by atoms with Gasteiger partial charge in [0.2, 0.25) is 0 Å². The van der Waals surface area contributed by atoms with Gasteiger partial charge in [-0.1, -0.05) is 68.4 Å². The lowest BCUT2D eigenvalue weighted by molar-refractivity contribution is -0.238. The van der Waals surface area contributed by atoms with Crippen LogP contribution in [0, 0.1) is 0 Å². The second kappa shape index (κ2) is 8.62. The minimum Gasteiger partial charge on any atom is -0.392 e. The highest BCUT2D eigenvalue weighted by atomic mass is 17.1. The molecule has 4 nitrogen and oxygen atoms in total. The first-order chi connectivity index (χ1) is 11.5. The highest BCUT2D eigenvalue weighted by Crippen LogP contribution is 2.25. The number of aliphatic hydroxyl groups is 1. The third-order valence-corrected chi connectivity index (χ3v) is 4.26. The van der Waals surface area contributed by atoms with Gasteiger partial charge in [-0.2, -0.15) is 5.26 Å². The molecule has 2 atom stereocenters. The van der Waals surface area contributed by atoms with E-state index in [1.165, 1.54) is 5.56 Å². The zero-order valence-corrected chi connectivity index (χ0v) is 14.1. The lowest BCUT2D eigenvalue weighted by atomic mass is 9.89. The first kappa shape index (κ1) is 18.2. The first-order valence-electron chi connectivity index (χ1n) is 8.20. The van der Waals surface area contributed by atoms with Gasteiger partial charge in [-0.25, -0.2) is 4.79 Å². The number of hydrogen-bond donors (Lipinski definition) is 2. The van der Waals surface area contributed by atoms with Crippen LogP contribution in [0.5, 0.6) is 0 Å². The molecule has 0 bridgehead atoms. The van der Waals surface area contributed by atoms with E-state index >= 15 is 0 Å². The fourth-order valence-corrected chi connectivity index (χ4v) is 2.78. The summed E-state index contributed by atoms with van der Waals surface area (Å²) in [5, 5.41) is 19.2. The summed E-state index contributed by atoms with van der Waals surface area (Å²) in [7, 11) is 0. The number of benzene rings is 2. The molecule has 0 heterocycles. The molecule has 0 amide bonds. The molecule has 2 rings (SSSR count). The van der Waals surface area contributed by atoms with E-state index in [1.807, 2.05) is 18.2 Å². The summed E-state index contributed by atoms with van der Waals surface area (Å²) in [4.78, 5) is 15.7. The largest absolute Gasteiger partial charge is 0.392 e. The number of carbonyl (C=O) groups excluding carboxylic acids is 1. The summed E-state index contributed by atoms with van der Waals surface area (Å²) in [6.45, 7) is 4.29. The van der Waals surface area contributed by atoms with Gasteiger partial charge in [-0.05, 0) is 35.4 Å². The Balaban J connectivity index is 2.05. The molecule has 128 valence electrons. The molecule has 2 unspecified atom stereocenters. The molecule has 0 saturated heterocycles. The van der Waals surface area contributed by atoms with Crippen LogP contribution in [0.2, 0.25) is 0 Å². The molecule has 0 aliphatic heterocycles. The summed E-state index contributed by atoms with van der Waals surface area (Å²) in [5.74, 6) is -1.26. The summed E-state index contributed by atoms with van der Waals surface area (Å²) in [6, 6.07) is 17.1. The monoisotopic (exact) mass is 328 g/mol. The molecular formula is C20H24O4. The Labute approximate surface area is 142 Å². The van der Waals surface area contributed by atoms with E-state index in [0.29, 0.717) is 24.3 Å². The number of carbonyl (C=O) groups is 1. The summed E-state index contributed by atoms with van der Waals surface area (Å²) < 4.78 is 0. The smallest absolute Gasteiger partial charge is 0.352 e. The molecule has 0 aliphatic rings. The van der Waals surface area contributed by atoms with E-state index in [4.69, 9.17) is 5.26 Å². The van der Waals surface area contributed by atoms with E-state index in [2.05, 4.69) is 30.9 Å². The van der Waals surface area contributed by atoms with E-state index < -0.39 is 18.0 Å². The standard InChI is InChI=1S/C20H24O4/c1-14(2)16-11-8-15(9-12-16)10-13-18(21)19(20(22)24-23)17-6-4-3-5-7-17/h3-9,11-12,14,18-19,21,23H,10,13H2,1-2H3. The lowest BCUT2D eigenvalue weighted by Gasteiger charge is -2.20. The van der Waals surface area contributed by atoms with E-state index in [-0.39, 0.29) is 0 Å². The molecule has 0 fully saturated rings.